The van der Waals surface area contributed by atoms with Gasteiger partial charge in [-0.3, -0.25) is 0 Å². The molecule has 1 aromatic rings. The second kappa shape index (κ2) is 2.89. The first kappa shape index (κ1) is 8.32. The molecular weight excluding hydrogens is 218 g/mol. The van der Waals surface area contributed by atoms with Crippen molar-refractivity contribution < 1.29 is 4.42 Å². The highest BCUT2D eigenvalue weighted by molar-refractivity contribution is 9.10. The van der Waals surface area contributed by atoms with Crippen LogP contribution in [0.2, 0.25) is 0 Å². The predicted molar refractivity (Wildman–Crippen MR) is 50.8 cm³/mol. The van der Waals surface area contributed by atoms with Crippen molar-refractivity contribution in [2.45, 2.75) is 19.3 Å². The minimum absolute atomic E-state index is 0.372. The summed E-state index contributed by atoms with van der Waals surface area (Å²) < 4.78 is 6.36. The van der Waals surface area contributed by atoms with Crippen LogP contribution in [0.15, 0.2) is 21.2 Å². The molecule has 1 saturated carbocycles. The highest BCUT2D eigenvalue weighted by atomic mass is 79.9. The molecule has 1 fully saturated rings. The van der Waals surface area contributed by atoms with Crippen molar-refractivity contribution in [3.63, 3.8) is 0 Å². The van der Waals surface area contributed by atoms with Crippen LogP contribution >= 0.6 is 15.9 Å². The van der Waals surface area contributed by atoms with Crippen LogP contribution in [-0.2, 0) is 6.42 Å². The lowest BCUT2D eigenvalue weighted by Crippen LogP contribution is -2.17. The number of hydrogen-bond acceptors (Lipinski definition) is 2. The highest BCUT2D eigenvalue weighted by Crippen LogP contribution is 2.47. The lowest BCUT2D eigenvalue weighted by Gasteiger charge is -2.08. The van der Waals surface area contributed by atoms with Crippen molar-refractivity contribution >= 4 is 15.9 Å². The summed E-state index contributed by atoms with van der Waals surface area (Å²) in [6.07, 6.45) is 5.22. The number of furan rings is 1. The Kier molecular flexibility index (Phi) is 2.00. The van der Waals surface area contributed by atoms with E-state index in [2.05, 4.69) is 15.9 Å². The van der Waals surface area contributed by atoms with Gasteiger partial charge in [-0.25, -0.2) is 0 Å². The first-order valence-electron chi connectivity index (χ1n) is 4.17. The van der Waals surface area contributed by atoms with Crippen molar-refractivity contribution in [1.82, 2.24) is 0 Å². The van der Waals surface area contributed by atoms with Gasteiger partial charge in [0.1, 0.15) is 12.0 Å². The second-order valence-corrected chi connectivity index (χ2v) is 4.53. The fourth-order valence-electron chi connectivity index (χ4n) is 1.45. The van der Waals surface area contributed by atoms with E-state index in [-0.39, 0.29) is 0 Å². The fourth-order valence-corrected chi connectivity index (χ4v) is 1.79. The van der Waals surface area contributed by atoms with Gasteiger partial charge in [-0.2, -0.15) is 0 Å². The molecule has 1 heterocycles. The molecule has 0 atom stereocenters. The molecule has 0 radical (unpaired) electrons. The molecule has 3 heteroatoms. The molecule has 0 saturated heterocycles. The lowest BCUT2D eigenvalue weighted by atomic mass is 10.0. The molecule has 12 heavy (non-hydrogen) atoms. The van der Waals surface area contributed by atoms with E-state index >= 15 is 0 Å². The van der Waals surface area contributed by atoms with E-state index in [1.165, 1.54) is 12.8 Å². The molecule has 1 aromatic heterocycles. The molecule has 0 unspecified atom stereocenters. The number of rotatable bonds is 3. The molecule has 0 spiro atoms. The van der Waals surface area contributed by atoms with E-state index < -0.39 is 0 Å². The van der Waals surface area contributed by atoms with Crippen LogP contribution in [0.5, 0.6) is 0 Å². The summed E-state index contributed by atoms with van der Waals surface area (Å²) in [5.41, 5.74) is 6.04. The van der Waals surface area contributed by atoms with Crippen molar-refractivity contribution in [2.75, 3.05) is 6.54 Å². The average Bonchev–Trinajstić information content (AvgIpc) is 2.71. The molecule has 0 aliphatic heterocycles. The van der Waals surface area contributed by atoms with Crippen LogP contribution < -0.4 is 5.73 Å². The van der Waals surface area contributed by atoms with Gasteiger partial charge in [0.2, 0.25) is 0 Å². The van der Waals surface area contributed by atoms with E-state index in [1.807, 2.05) is 6.07 Å². The van der Waals surface area contributed by atoms with Gasteiger partial charge in [0, 0.05) is 6.42 Å². The summed E-state index contributed by atoms with van der Waals surface area (Å²) in [6, 6.07) is 2.02. The molecule has 1 aliphatic rings. The number of halogens is 1. The van der Waals surface area contributed by atoms with Crippen LogP contribution in [0.4, 0.5) is 0 Å². The summed E-state index contributed by atoms with van der Waals surface area (Å²) in [5.74, 6) is 1.05. The van der Waals surface area contributed by atoms with Gasteiger partial charge in [-0.1, -0.05) is 0 Å². The zero-order valence-corrected chi connectivity index (χ0v) is 8.43. The monoisotopic (exact) mass is 229 g/mol. The standard InChI is InChI=1S/C9H12BrNO/c10-7-3-8(12-5-7)4-9(6-11)1-2-9/h3,5H,1-2,4,6,11H2. The minimum Gasteiger partial charge on any atom is -0.468 e. The van der Waals surface area contributed by atoms with Gasteiger partial charge < -0.3 is 10.2 Å². The number of hydrogen-bond donors (Lipinski definition) is 1. The molecular formula is C9H12BrNO. The first-order valence-corrected chi connectivity index (χ1v) is 4.96. The molecule has 0 bridgehead atoms. The Labute approximate surface area is 80.3 Å². The smallest absolute Gasteiger partial charge is 0.105 e. The maximum atomic E-state index is 5.67. The molecule has 1 aliphatic carbocycles. The maximum Gasteiger partial charge on any atom is 0.105 e. The van der Waals surface area contributed by atoms with E-state index in [0.29, 0.717) is 5.41 Å². The Balaban J connectivity index is 2.04. The fraction of sp³-hybridized carbons (Fsp3) is 0.556. The van der Waals surface area contributed by atoms with Gasteiger partial charge >= 0.3 is 0 Å². The van der Waals surface area contributed by atoms with Gasteiger partial charge in [-0.05, 0) is 46.8 Å². The van der Waals surface area contributed by atoms with Crippen LogP contribution in [0, 0.1) is 5.41 Å². The second-order valence-electron chi connectivity index (χ2n) is 3.61. The maximum absolute atomic E-state index is 5.67. The topological polar surface area (TPSA) is 39.2 Å². The molecule has 2 N–H and O–H groups in total. The summed E-state index contributed by atoms with van der Waals surface area (Å²) in [7, 11) is 0. The van der Waals surface area contributed by atoms with Crippen LogP contribution in [-0.4, -0.2) is 6.54 Å². The van der Waals surface area contributed by atoms with Gasteiger partial charge in [-0.15, -0.1) is 0 Å². The van der Waals surface area contributed by atoms with E-state index in [0.717, 1.165) is 23.2 Å². The van der Waals surface area contributed by atoms with Crippen LogP contribution in [0.25, 0.3) is 0 Å². The quantitative estimate of drug-likeness (QED) is 0.865. The Morgan fingerprint density at radius 3 is 2.75 bits per heavy atom. The Hall–Kier alpha value is -0.280. The zero-order chi connectivity index (χ0) is 8.60. The molecule has 0 aromatic carbocycles. The lowest BCUT2D eigenvalue weighted by molar-refractivity contribution is 0.430. The van der Waals surface area contributed by atoms with Gasteiger partial charge in [0.05, 0.1) is 4.47 Å². The molecule has 0 amide bonds. The third-order valence-electron chi connectivity index (χ3n) is 2.56. The third kappa shape index (κ3) is 1.57. The van der Waals surface area contributed by atoms with Gasteiger partial charge in [0.25, 0.3) is 0 Å². The Morgan fingerprint density at radius 2 is 2.33 bits per heavy atom. The average molecular weight is 230 g/mol. The SMILES string of the molecule is NCC1(Cc2cc(Br)co2)CC1. The van der Waals surface area contributed by atoms with Crippen LogP contribution in [0.3, 0.4) is 0 Å². The highest BCUT2D eigenvalue weighted by Gasteiger charge is 2.41. The normalized spacial score (nSPS) is 19.5. The molecule has 2 rings (SSSR count). The minimum atomic E-state index is 0.372. The Morgan fingerprint density at radius 1 is 1.58 bits per heavy atom. The van der Waals surface area contributed by atoms with Crippen molar-refractivity contribution in [3.05, 3.63) is 22.6 Å². The first-order chi connectivity index (χ1) is 5.74. The largest absolute Gasteiger partial charge is 0.468 e. The van der Waals surface area contributed by atoms with Crippen molar-refractivity contribution in [3.8, 4) is 0 Å². The van der Waals surface area contributed by atoms with Crippen molar-refractivity contribution in [1.29, 1.82) is 0 Å². The predicted octanol–water partition coefficient (Wildman–Crippen LogP) is 2.32. The summed E-state index contributed by atoms with van der Waals surface area (Å²) in [5, 5.41) is 0. The zero-order valence-electron chi connectivity index (χ0n) is 6.85. The number of nitrogens with two attached hydrogens (primary N) is 1. The van der Waals surface area contributed by atoms with E-state index in [4.69, 9.17) is 10.2 Å². The van der Waals surface area contributed by atoms with Crippen LogP contribution in [0.1, 0.15) is 18.6 Å². The van der Waals surface area contributed by atoms with Gasteiger partial charge in [0.15, 0.2) is 0 Å². The summed E-state index contributed by atoms with van der Waals surface area (Å²) >= 11 is 3.36. The van der Waals surface area contributed by atoms with E-state index in [9.17, 15) is 0 Å². The Bertz CT molecular complexity index is 278. The summed E-state index contributed by atoms with van der Waals surface area (Å²) in [4.78, 5) is 0. The van der Waals surface area contributed by atoms with E-state index in [1.54, 1.807) is 6.26 Å². The third-order valence-corrected chi connectivity index (χ3v) is 2.98. The molecule has 2 nitrogen and oxygen atoms in total. The summed E-state index contributed by atoms with van der Waals surface area (Å²) in [6.45, 7) is 0.783. The van der Waals surface area contributed by atoms with Crippen molar-refractivity contribution in [2.24, 2.45) is 11.1 Å². The molecule has 66 valence electrons.